The lowest BCUT2D eigenvalue weighted by Gasteiger charge is -2.21. The summed E-state index contributed by atoms with van der Waals surface area (Å²) in [5, 5.41) is 13.6. The van der Waals surface area contributed by atoms with E-state index in [1.54, 1.807) is 20.8 Å². The lowest BCUT2D eigenvalue weighted by atomic mass is 10.2. The summed E-state index contributed by atoms with van der Waals surface area (Å²) in [5.41, 5.74) is 0.0795. The SMILES string of the molecule is Cc1oc(-c2cccs2)nc1CSCC(NC(=O)OC(C)(C)C)C(=O)O. The van der Waals surface area contributed by atoms with Crippen LogP contribution in [-0.2, 0) is 15.3 Å². The summed E-state index contributed by atoms with van der Waals surface area (Å²) in [6.07, 6.45) is -0.747. The topological polar surface area (TPSA) is 102 Å². The average Bonchev–Trinajstić information content (AvgIpc) is 3.14. The summed E-state index contributed by atoms with van der Waals surface area (Å²) in [7, 11) is 0. The van der Waals surface area contributed by atoms with Gasteiger partial charge in [-0.25, -0.2) is 14.6 Å². The molecule has 0 bridgehead atoms. The molecule has 1 atom stereocenters. The first-order valence-electron chi connectivity index (χ1n) is 7.96. The Bertz CT molecular complexity index is 750. The number of rotatable bonds is 7. The number of oxazole rings is 1. The van der Waals surface area contributed by atoms with Gasteiger partial charge in [-0.05, 0) is 39.1 Å². The molecule has 0 aliphatic rings. The van der Waals surface area contributed by atoms with Crippen molar-refractivity contribution < 1.29 is 23.8 Å². The van der Waals surface area contributed by atoms with E-state index in [-0.39, 0.29) is 5.75 Å². The van der Waals surface area contributed by atoms with Crippen molar-refractivity contribution in [3.05, 3.63) is 29.0 Å². The molecule has 0 aliphatic heterocycles. The van der Waals surface area contributed by atoms with Gasteiger partial charge in [-0.1, -0.05) is 6.07 Å². The number of carboxylic acid groups (broad SMARTS) is 1. The minimum atomic E-state index is -1.11. The Morgan fingerprint density at radius 2 is 2.19 bits per heavy atom. The highest BCUT2D eigenvalue weighted by atomic mass is 32.2. The summed E-state index contributed by atoms with van der Waals surface area (Å²) in [5.74, 6) is 0.831. The van der Waals surface area contributed by atoms with Gasteiger partial charge in [0.05, 0.1) is 10.6 Å². The minimum Gasteiger partial charge on any atom is -0.480 e. The molecule has 2 N–H and O–H groups in total. The number of thioether (sulfide) groups is 1. The number of aryl methyl sites for hydroxylation is 1. The van der Waals surface area contributed by atoms with Gasteiger partial charge >= 0.3 is 12.1 Å². The molecule has 0 aromatic carbocycles. The predicted molar refractivity (Wildman–Crippen MR) is 102 cm³/mol. The molecule has 7 nitrogen and oxygen atoms in total. The van der Waals surface area contributed by atoms with E-state index in [1.807, 2.05) is 24.4 Å². The molecule has 2 aromatic heterocycles. The van der Waals surface area contributed by atoms with Crippen LogP contribution in [-0.4, -0.2) is 39.5 Å². The van der Waals surface area contributed by atoms with Crippen LogP contribution in [0.2, 0.25) is 0 Å². The maximum atomic E-state index is 11.8. The number of hydrogen-bond acceptors (Lipinski definition) is 7. The molecule has 0 saturated carbocycles. The number of aromatic nitrogens is 1. The molecule has 142 valence electrons. The van der Waals surface area contributed by atoms with Crippen LogP contribution >= 0.6 is 23.1 Å². The lowest BCUT2D eigenvalue weighted by Crippen LogP contribution is -2.44. The van der Waals surface area contributed by atoms with Gasteiger partial charge in [0.2, 0.25) is 5.89 Å². The van der Waals surface area contributed by atoms with Crippen LogP contribution < -0.4 is 5.32 Å². The van der Waals surface area contributed by atoms with E-state index in [0.29, 0.717) is 17.4 Å². The van der Waals surface area contributed by atoms with Crippen molar-refractivity contribution in [2.45, 2.75) is 45.1 Å². The molecule has 0 fully saturated rings. The Hall–Kier alpha value is -2.00. The summed E-state index contributed by atoms with van der Waals surface area (Å²) < 4.78 is 10.8. The molecule has 1 amide bonds. The van der Waals surface area contributed by atoms with Crippen molar-refractivity contribution in [3.63, 3.8) is 0 Å². The number of amides is 1. The molecule has 0 saturated heterocycles. The summed E-state index contributed by atoms with van der Waals surface area (Å²) in [6.45, 7) is 6.98. The van der Waals surface area contributed by atoms with Crippen LogP contribution in [0.3, 0.4) is 0 Å². The Morgan fingerprint density at radius 3 is 2.77 bits per heavy atom. The largest absolute Gasteiger partial charge is 0.480 e. The van der Waals surface area contributed by atoms with Gasteiger partial charge in [-0.2, -0.15) is 11.8 Å². The van der Waals surface area contributed by atoms with Crippen LogP contribution in [0.15, 0.2) is 21.9 Å². The first-order chi connectivity index (χ1) is 12.2. The molecule has 2 rings (SSSR count). The second kappa shape index (κ2) is 8.59. The maximum absolute atomic E-state index is 11.8. The lowest BCUT2D eigenvalue weighted by molar-refractivity contribution is -0.138. The average molecular weight is 399 g/mol. The zero-order valence-electron chi connectivity index (χ0n) is 15.1. The van der Waals surface area contributed by atoms with Crippen LogP contribution in [0, 0.1) is 6.92 Å². The molecule has 26 heavy (non-hydrogen) atoms. The molecule has 0 spiro atoms. The van der Waals surface area contributed by atoms with Gasteiger partial charge in [-0.15, -0.1) is 11.3 Å². The van der Waals surface area contributed by atoms with Gasteiger partial charge in [-0.3, -0.25) is 0 Å². The summed E-state index contributed by atoms with van der Waals surface area (Å²) in [4.78, 5) is 28.5. The Balaban J connectivity index is 1.90. The highest BCUT2D eigenvalue weighted by Gasteiger charge is 2.24. The number of ether oxygens (including phenoxy) is 1. The smallest absolute Gasteiger partial charge is 0.408 e. The number of carboxylic acids is 1. The molecule has 0 aliphatic carbocycles. The van der Waals surface area contributed by atoms with Crippen LogP contribution in [0.25, 0.3) is 10.8 Å². The van der Waals surface area contributed by atoms with Crippen LogP contribution in [0.5, 0.6) is 0 Å². The number of carbonyl (C=O) groups excluding carboxylic acids is 1. The van der Waals surface area contributed by atoms with E-state index in [2.05, 4.69) is 10.3 Å². The van der Waals surface area contributed by atoms with E-state index in [0.717, 1.165) is 10.6 Å². The van der Waals surface area contributed by atoms with E-state index in [1.165, 1.54) is 23.1 Å². The highest BCUT2D eigenvalue weighted by Crippen LogP contribution is 2.27. The van der Waals surface area contributed by atoms with Gasteiger partial charge in [0, 0.05) is 11.5 Å². The van der Waals surface area contributed by atoms with Crippen LogP contribution in [0.4, 0.5) is 4.79 Å². The third-order valence-electron chi connectivity index (χ3n) is 3.14. The number of nitrogens with one attached hydrogen (secondary N) is 1. The van der Waals surface area contributed by atoms with Gasteiger partial charge in [0.25, 0.3) is 0 Å². The second-order valence-electron chi connectivity index (χ2n) is 6.55. The van der Waals surface area contributed by atoms with Gasteiger partial charge in [0.15, 0.2) is 0 Å². The van der Waals surface area contributed by atoms with Crippen molar-refractivity contribution in [1.82, 2.24) is 10.3 Å². The van der Waals surface area contributed by atoms with E-state index >= 15 is 0 Å². The number of carbonyl (C=O) groups is 2. The molecular formula is C17H22N2O5S2. The molecule has 9 heteroatoms. The fraction of sp³-hybridized carbons (Fsp3) is 0.471. The number of aliphatic carboxylic acids is 1. The molecule has 2 aromatic rings. The number of nitrogens with zero attached hydrogens (tertiary/aromatic N) is 1. The first kappa shape index (κ1) is 20.3. The van der Waals surface area contributed by atoms with Crippen molar-refractivity contribution >= 4 is 35.2 Å². The zero-order chi connectivity index (χ0) is 19.3. The highest BCUT2D eigenvalue weighted by molar-refractivity contribution is 7.98. The molecule has 2 heterocycles. The maximum Gasteiger partial charge on any atom is 0.408 e. The number of hydrogen-bond donors (Lipinski definition) is 2. The number of alkyl carbamates (subject to hydrolysis) is 1. The monoisotopic (exact) mass is 398 g/mol. The van der Waals surface area contributed by atoms with Crippen molar-refractivity contribution in [2.24, 2.45) is 0 Å². The van der Waals surface area contributed by atoms with Gasteiger partial charge in [0.1, 0.15) is 17.4 Å². The predicted octanol–water partition coefficient (Wildman–Crippen LogP) is 3.92. The van der Waals surface area contributed by atoms with Gasteiger partial charge < -0.3 is 19.6 Å². The number of thiophene rings is 1. The zero-order valence-corrected chi connectivity index (χ0v) is 16.7. The van der Waals surface area contributed by atoms with Crippen LogP contribution in [0.1, 0.15) is 32.2 Å². The van der Waals surface area contributed by atoms with E-state index < -0.39 is 23.7 Å². The van der Waals surface area contributed by atoms with Crippen molar-refractivity contribution in [1.29, 1.82) is 0 Å². The quantitative estimate of drug-likeness (QED) is 0.729. The van der Waals surface area contributed by atoms with Crippen molar-refractivity contribution in [2.75, 3.05) is 5.75 Å². The normalized spacial score (nSPS) is 12.6. The summed E-state index contributed by atoms with van der Waals surface area (Å²) >= 11 is 2.90. The molecule has 1 unspecified atom stereocenters. The second-order valence-corrected chi connectivity index (χ2v) is 8.53. The van der Waals surface area contributed by atoms with E-state index in [9.17, 15) is 14.7 Å². The third-order valence-corrected chi connectivity index (χ3v) is 5.04. The molecular weight excluding hydrogens is 376 g/mol. The van der Waals surface area contributed by atoms with E-state index in [4.69, 9.17) is 9.15 Å². The Labute approximate surface area is 160 Å². The fourth-order valence-corrected chi connectivity index (χ4v) is 3.66. The Kier molecular flexibility index (Phi) is 6.71. The Morgan fingerprint density at radius 1 is 1.46 bits per heavy atom. The summed E-state index contributed by atoms with van der Waals surface area (Å²) in [6, 6.07) is 2.81. The third kappa shape index (κ3) is 6.06. The standard InChI is InChI=1S/C17H22N2O5S2/c1-10-11(18-14(23-10)13-6-5-7-26-13)8-25-9-12(15(20)21)19-16(22)24-17(2,3)4/h5-7,12H,8-9H2,1-4H3,(H,19,22)(H,20,21). The molecule has 0 radical (unpaired) electrons. The van der Waals surface area contributed by atoms with Crippen molar-refractivity contribution in [3.8, 4) is 10.8 Å². The fourth-order valence-electron chi connectivity index (χ4n) is 1.97. The minimum absolute atomic E-state index is 0.190. The first-order valence-corrected chi connectivity index (χ1v) is 9.99.